The Bertz CT molecular complexity index is 559. The maximum absolute atomic E-state index is 10.8. The van der Waals surface area contributed by atoms with Crippen molar-refractivity contribution in [2.75, 3.05) is 13.1 Å². The number of rotatable bonds is 2. The van der Waals surface area contributed by atoms with Crippen molar-refractivity contribution in [3.8, 4) is 11.4 Å². The molecule has 0 atom stereocenters. The summed E-state index contributed by atoms with van der Waals surface area (Å²) >= 11 is 1.59. The average Bonchev–Trinajstić information content (AvgIpc) is 3.10. The van der Waals surface area contributed by atoms with Crippen LogP contribution in [0, 0.1) is 0 Å². The number of hydrogen-bond donors (Lipinski definition) is 1. The van der Waals surface area contributed by atoms with Crippen molar-refractivity contribution in [2.24, 2.45) is 0 Å². The largest absolute Gasteiger partial charge is 0.465 e. The highest BCUT2D eigenvalue weighted by Gasteiger charge is 2.27. The third kappa shape index (κ3) is 2.46. The maximum atomic E-state index is 10.8. The fraction of sp³-hybridized carbons (Fsp3) is 0.417. The van der Waals surface area contributed by atoms with Gasteiger partial charge in [0.25, 0.3) is 0 Å². The zero-order valence-corrected chi connectivity index (χ0v) is 11.0. The van der Waals surface area contributed by atoms with Crippen molar-refractivity contribution in [3.63, 3.8) is 0 Å². The molecule has 3 rings (SSSR count). The summed E-state index contributed by atoms with van der Waals surface area (Å²) in [6.07, 6.45) is 0.609. The van der Waals surface area contributed by atoms with Crippen molar-refractivity contribution >= 4 is 17.4 Å². The molecule has 1 fully saturated rings. The molecule has 0 bridgehead atoms. The number of nitrogens with zero attached hydrogens (tertiary/aromatic N) is 3. The van der Waals surface area contributed by atoms with Crippen molar-refractivity contribution in [3.05, 3.63) is 22.7 Å². The lowest BCUT2D eigenvalue weighted by Gasteiger charge is -2.27. The molecule has 0 radical (unpaired) electrons. The van der Waals surface area contributed by atoms with Crippen LogP contribution in [0.15, 0.2) is 21.3 Å². The first-order chi connectivity index (χ1) is 9.24. The molecule has 1 aliphatic rings. The topological polar surface area (TPSA) is 79.5 Å². The minimum atomic E-state index is -0.858. The third-order valence-electron chi connectivity index (χ3n) is 3.34. The lowest BCUT2D eigenvalue weighted by Crippen LogP contribution is -2.36. The molecule has 0 aliphatic carbocycles. The molecule has 1 saturated heterocycles. The van der Waals surface area contributed by atoms with Gasteiger partial charge in [0, 0.05) is 30.0 Å². The normalized spacial score (nSPS) is 16.7. The number of hydrogen-bond acceptors (Lipinski definition) is 5. The Morgan fingerprint density at radius 2 is 2.26 bits per heavy atom. The van der Waals surface area contributed by atoms with Crippen molar-refractivity contribution in [1.82, 2.24) is 15.0 Å². The summed E-state index contributed by atoms with van der Waals surface area (Å²) in [6, 6.07) is 1.95. The molecule has 1 aliphatic heterocycles. The number of carbonyl (C=O) groups is 1. The molecule has 19 heavy (non-hydrogen) atoms. The van der Waals surface area contributed by atoms with E-state index in [0.29, 0.717) is 24.8 Å². The van der Waals surface area contributed by atoms with Crippen LogP contribution in [0.2, 0.25) is 0 Å². The minimum absolute atomic E-state index is 0.162. The third-order valence-corrected chi connectivity index (χ3v) is 4.02. The second kappa shape index (κ2) is 5.00. The number of likely N-dealkylation sites (tertiary alicyclic amines) is 1. The van der Waals surface area contributed by atoms with Crippen LogP contribution < -0.4 is 0 Å². The van der Waals surface area contributed by atoms with Gasteiger partial charge in [0.15, 0.2) is 0 Å². The van der Waals surface area contributed by atoms with Crippen LogP contribution in [0.3, 0.4) is 0 Å². The number of carboxylic acid groups (broad SMARTS) is 1. The summed E-state index contributed by atoms with van der Waals surface area (Å²) in [7, 11) is 0. The van der Waals surface area contributed by atoms with Gasteiger partial charge in [-0.15, -0.1) is 0 Å². The molecule has 0 aromatic carbocycles. The molecular formula is C12H13N3O3S. The molecule has 1 N–H and O–H groups in total. The molecule has 3 heterocycles. The predicted octanol–water partition coefficient (Wildman–Crippen LogP) is 2.66. The molecule has 0 spiro atoms. The van der Waals surface area contributed by atoms with Gasteiger partial charge in [-0.25, -0.2) is 4.79 Å². The Kier molecular flexibility index (Phi) is 3.20. The van der Waals surface area contributed by atoms with Gasteiger partial charge in [-0.2, -0.15) is 16.3 Å². The Morgan fingerprint density at radius 1 is 1.47 bits per heavy atom. The fourth-order valence-electron chi connectivity index (χ4n) is 2.23. The summed E-state index contributed by atoms with van der Waals surface area (Å²) in [5.74, 6) is 1.39. The van der Waals surface area contributed by atoms with Gasteiger partial charge >= 0.3 is 6.09 Å². The summed E-state index contributed by atoms with van der Waals surface area (Å²) in [5.41, 5.74) is 0.961. The first kappa shape index (κ1) is 12.2. The molecular weight excluding hydrogens is 266 g/mol. The predicted molar refractivity (Wildman–Crippen MR) is 69.2 cm³/mol. The van der Waals surface area contributed by atoms with E-state index >= 15 is 0 Å². The van der Waals surface area contributed by atoms with Gasteiger partial charge in [-0.05, 0) is 24.3 Å². The molecule has 6 nitrogen and oxygen atoms in total. The Morgan fingerprint density at radius 3 is 2.89 bits per heavy atom. The molecule has 7 heteroatoms. The van der Waals surface area contributed by atoms with E-state index in [4.69, 9.17) is 9.63 Å². The van der Waals surface area contributed by atoms with E-state index < -0.39 is 6.09 Å². The van der Waals surface area contributed by atoms with Crippen LogP contribution in [0.4, 0.5) is 4.79 Å². The van der Waals surface area contributed by atoms with Crippen LogP contribution in [0.1, 0.15) is 24.7 Å². The highest BCUT2D eigenvalue weighted by Crippen LogP contribution is 2.28. The first-order valence-electron chi connectivity index (χ1n) is 6.08. The highest BCUT2D eigenvalue weighted by atomic mass is 32.1. The van der Waals surface area contributed by atoms with Crippen LogP contribution in [-0.4, -0.2) is 39.3 Å². The molecule has 2 aromatic rings. The van der Waals surface area contributed by atoms with Crippen molar-refractivity contribution < 1.29 is 14.4 Å². The van der Waals surface area contributed by atoms with E-state index in [2.05, 4.69) is 10.1 Å². The number of aromatic nitrogens is 2. The second-order valence-electron chi connectivity index (χ2n) is 4.51. The van der Waals surface area contributed by atoms with E-state index in [-0.39, 0.29) is 5.92 Å². The van der Waals surface area contributed by atoms with Gasteiger partial charge in [0.2, 0.25) is 11.7 Å². The van der Waals surface area contributed by atoms with Gasteiger partial charge < -0.3 is 14.5 Å². The molecule has 0 unspecified atom stereocenters. The maximum Gasteiger partial charge on any atom is 0.407 e. The van der Waals surface area contributed by atoms with E-state index in [1.807, 2.05) is 16.8 Å². The van der Waals surface area contributed by atoms with E-state index in [1.165, 1.54) is 4.90 Å². The minimum Gasteiger partial charge on any atom is -0.465 e. The SMILES string of the molecule is O=C(O)N1CCC(c2nc(-c3ccsc3)no2)CC1. The molecule has 1 amide bonds. The number of piperidine rings is 1. The summed E-state index contributed by atoms with van der Waals surface area (Å²) < 4.78 is 5.30. The average molecular weight is 279 g/mol. The van der Waals surface area contributed by atoms with Crippen LogP contribution in [0.25, 0.3) is 11.4 Å². The van der Waals surface area contributed by atoms with E-state index in [1.54, 1.807) is 11.3 Å². The highest BCUT2D eigenvalue weighted by molar-refractivity contribution is 7.08. The van der Waals surface area contributed by atoms with Crippen LogP contribution in [-0.2, 0) is 0 Å². The Labute approximate surface area is 113 Å². The summed E-state index contributed by atoms with van der Waals surface area (Å²) in [6.45, 7) is 1.05. The van der Waals surface area contributed by atoms with Crippen LogP contribution in [0.5, 0.6) is 0 Å². The Balaban J connectivity index is 1.69. The monoisotopic (exact) mass is 279 g/mol. The lowest BCUT2D eigenvalue weighted by molar-refractivity contribution is 0.128. The lowest BCUT2D eigenvalue weighted by atomic mass is 9.97. The zero-order valence-electron chi connectivity index (χ0n) is 10.2. The zero-order chi connectivity index (χ0) is 13.2. The van der Waals surface area contributed by atoms with Gasteiger partial charge in [-0.1, -0.05) is 5.16 Å². The molecule has 0 saturated carbocycles. The second-order valence-corrected chi connectivity index (χ2v) is 5.29. The molecule has 100 valence electrons. The van der Waals surface area contributed by atoms with Gasteiger partial charge in [0.05, 0.1) is 0 Å². The summed E-state index contributed by atoms with van der Waals surface area (Å²) in [5, 5.41) is 16.8. The Hall–Kier alpha value is -1.89. The van der Waals surface area contributed by atoms with E-state index in [0.717, 1.165) is 18.4 Å². The van der Waals surface area contributed by atoms with Crippen LogP contribution >= 0.6 is 11.3 Å². The fourth-order valence-corrected chi connectivity index (χ4v) is 2.86. The number of amides is 1. The standard InChI is InChI=1S/C12H13N3O3S/c16-12(17)15-4-1-8(2-5-15)11-13-10(14-18-11)9-3-6-19-7-9/h3,6-8H,1-2,4-5H2,(H,16,17). The van der Waals surface area contributed by atoms with Gasteiger partial charge in [0.1, 0.15) is 0 Å². The number of thiophene rings is 1. The first-order valence-corrected chi connectivity index (χ1v) is 7.02. The van der Waals surface area contributed by atoms with Crippen molar-refractivity contribution in [1.29, 1.82) is 0 Å². The quantitative estimate of drug-likeness (QED) is 0.914. The van der Waals surface area contributed by atoms with E-state index in [9.17, 15) is 4.79 Å². The molecule has 2 aromatic heterocycles. The van der Waals surface area contributed by atoms with Crippen molar-refractivity contribution in [2.45, 2.75) is 18.8 Å². The summed E-state index contributed by atoms with van der Waals surface area (Å²) in [4.78, 5) is 16.7. The smallest absolute Gasteiger partial charge is 0.407 e. The van der Waals surface area contributed by atoms with Gasteiger partial charge in [-0.3, -0.25) is 0 Å².